The third kappa shape index (κ3) is 8.17. The maximum absolute atomic E-state index is 14.4. The number of aromatic nitrogens is 1. The zero-order valence-corrected chi connectivity index (χ0v) is 27.0. The second-order valence-electron chi connectivity index (χ2n) is 12.6. The van der Waals surface area contributed by atoms with Crippen LogP contribution in [0.25, 0.3) is 0 Å². The van der Waals surface area contributed by atoms with E-state index in [2.05, 4.69) is 27.8 Å². The number of fused-ring (bicyclic) bond motifs is 2. The lowest BCUT2D eigenvalue weighted by Gasteiger charge is -2.43. The topological polar surface area (TPSA) is 101 Å². The number of rotatable bonds is 17. The minimum atomic E-state index is -0.466. The standard InChI is InChI=1S/C33H53N3O8/c1-25-19-26-23-35(9-5-28(26)34-22-25)32(37)33-7-12-44-31(33)20-27(21-33)36(29-6-11-43-24-30(29)39-3)8-4-10-40-15-16-42-18-17-41-14-13-38-2/h19,22,27,29-31H,4-18,20-21,23-24H2,1-3H3/t27-,29+,30-,31-,33-/m1/s1. The lowest BCUT2D eigenvalue weighted by molar-refractivity contribution is -0.145. The first kappa shape index (κ1) is 33.7. The molecule has 0 N–H and O–H groups in total. The fourth-order valence-corrected chi connectivity index (χ4v) is 7.56. The van der Waals surface area contributed by atoms with Gasteiger partial charge in [-0.1, -0.05) is 6.07 Å². The summed E-state index contributed by atoms with van der Waals surface area (Å²) >= 11 is 0. The minimum absolute atomic E-state index is 0.00604. The van der Waals surface area contributed by atoms with E-state index in [0.29, 0.717) is 66.0 Å². The number of hydrogen-bond donors (Lipinski definition) is 0. The highest BCUT2D eigenvalue weighted by atomic mass is 16.6. The Bertz CT molecular complexity index is 1050. The molecule has 0 unspecified atom stereocenters. The van der Waals surface area contributed by atoms with Gasteiger partial charge in [0.1, 0.15) is 0 Å². The average Bonchev–Trinajstić information content (AvgIpc) is 3.61. The monoisotopic (exact) mass is 619 g/mol. The van der Waals surface area contributed by atoms with Crippen molar-refractivity contribution in [3.63, 3.8) is 0 Å². The number of nitrogens with zero attached hydrogens (tertiary/aromatic N) is 3. The number of ether oxygens (including phenoxy) is 7. The van der Waals surface area contributed by atoms with E-state index in [9.17, 15) is 4.79 Å². The summed E-state index contributed by atoms with van der Waals surface area (Å²) in [5.74, 6) is 0.261. The van der Waals surface area contributed by atoms with Crippen LogP contribution in [-0.2, 0) is 50.9 Å². The molecular formula is C33H53N3O8. The molecule has 1 aromatic heterocycles. The van der Waals surface area contributed by atoms with Crippen molar-refractivity contribution in [2.75, 3.05) is 93.4 Å². The van der Waals surface area contributed by atoms with Crippen LogP contribution in [0.3, 0.4) is 0 Å². The molecule has 4 heterocycles. The van der Waals surface area contributed by atoms with Crippen LogP contribution < -0.4 is 0 Å². The van der Waals surface area contributed by atoms with Gasteiger partial charge >= 0.3 is 0 Å². The number of aryl methyl sites for hydroxylation is 1. The summed E-state index contributed by atoms with van der Waals surface area (Å²) in [6, 6.07) is 2.67. The summed E-state index contributed by atoms with van der Waals surface area (Å²) in [7, 11) is 3.44. The second kappa shape index (κ2) is 16.7. The van der Waals surface area contributed by atoms with Gasteiger partial charge in [-0.15, -0.1) is 0 Å². The summed E-state index contributed by atoms with van der Waals surface area (Å²) in [6.45, 7) is 10.3. The van der Waals surface area contributed by atoms with Gasteiger partial charge in [-0.05, 0) is 50.2 Å². The van der Waals surface area contributed by atoms with Crippen LogP contribution >= 0.6 is 0 Å². The van der Waals surface area contributed by atoms with Gasteiger partial charge in [-0.3, -0.25) is 14.7 Å². The predicted molar refractivity (Wildman–Crippen MR) is 164 cm³/mol. The van der Waals surface area contributed by atoms with Gasteiger partial charge in [0.2, 0.25) is 5.91 Å². The molecule has 4 aliphatic rings. The number of pyridine rings is 1. The maximum Gasteiger partial charge on any atom is 0.231 e. The molecule has 1 aromatic rings. The average molecular weight is 620 g/mol. The molecule has 1 amide bonds. The molecule has 11 heteroatoms. The van der Waals surface area contributed by atoms with Gasteiger partial charge in [0, 0.05) is 84.1 Å². The van der Waals surface area contributed by atoms with Crippen molar-refractivity contribution in [2.45, 2.75) is 76.3 Å². The molecule has 1 aliphatic carbocycles. The normalized spacial score (nSPS) is 28.4. The Morgan fingerprint density at radius 3 is 2.64 bits per heavy atom. The van der Waals surface area contributed by atoms with Crippen molar-refractivity contribution < 1.29 is 38.0 Å². The van der Waals surface area contributed by atoms with Gasteiger partial charge in [-0.2, -0.15) is 0 Å². The molecule has 3 aliphatic heterocycles. The Kier molecular flexibility index (Phi) is 12.8. The van der Waals surface area contributed by atoms with Crippen LogP contribution in [0.15, 0.2) is 12.3 Å². The Balaban J connectivity index is 1.17. The molecule has 2 saturated heterocycles. The van der Waals surface area contributed by atoms with Crippen LogP contribution in [0, 0.1) is 12.3 Å². The summed E-state index contributed by atoms with van der Waals surface area (Å²) in [5.41, 5.74) is 2.97. The predicted octanol–water partition coefficient (Wildman–Crippen LogP) is 2.40. The van der Waals surface area contributed by atoms with Gasteiger partial charge in [0.25, 0.3) is 0 Å². The highest BCUT2D eigenvalue weighted by Gasteiger charge is 2.59. The molecule has 5 rings (SSSR count). The second-order valence-corrected chi connectivity index (χ2v) is 12.6. The Labute approximate surface area is 262 Å². The van der Waals surface area contributed by atoms with E-state index >= 15 is 0 Å². The molecule has 5 atom stereocenters. The van der Waals surface area contributed by atoms with Crippen molar-refractivity contribution in [1.29, 1.82) is 0 Å². The van der Waals surface area contributed by atoms with Crippen molar-refractivity contribution in [3.8, 4) is 0 Å². The molecular weight excluding hydrogens is 566 g/mol. The molecule has 0 aromatic carbocycles. The van der Waals surface area contributed by atoms with Gasteiger partial charge < -0.3 is 38.1 Å². The summed E-state index contributed by atoms with van der Waals surface area (Å²) in [4.78, 5) is 23.7. The maximum atomic E-state index is 14.4. The molecule has 11 nitrogen and oxygen atoms in total. The summed E-state index contributed by atoms with van der Waals surface area (Å²) in [5, 5.41) is 0. The quantitative estimate of drug-likeness (QED) is 0.242. The zero-order valence-electron chi connectivity index (χ0n) is 27.0. The molecule has 44 heavy (non-hydrogen) atoms. The molecule has 0 radical (unpaired) electrons. The van der Waals surface area contributed by atoms with Crippen molar-refractivity contribution in [1.82, 2.24) is 14.8 Å². The SMILES string of the molecule is COCCOCCOCCOCCCN([C@@H]1C[C@H]2OCC[C@@]2(C(=O)N2CCc3ncc(C)cc3C2)C1)[C@H]1CCOC[C@H]1OC. The van der Waals surface area contributed by atoms with Gasteiger partial charge in [0.15, 0.2) is 0 Å². The third-order valence-electron chi connectivity index (χ3n) is 9.81. The minimum Gasteiger partial charge on any atom is -0.382 e. The van der Waals surface area contributed by atoms with Gasteiger partial charge in [0.05, 0.1) is 63.9 Å². The molecule has 3 fully saturated rings. The Morgan fingerprint density at radius 2 is 1.86 bits per heavy atom. The smallest absolute Gasteiger partial charge is 0.231 e. The first-order valence-corrected chi connectivity index (χ1v) is 16.5. The first-order valence-electron chi connectivity index (χ1n) is 16.5. The lowest BCUT2D eigenvalue weighted by Crippen LogP contribution is -2.54. The van der Waals surface area contributed by atoms with Crippen molar-refractivity contribution >= 4 is 5.91 Å². The van der Waals surface area contributed by atoms with E-state index in [4.69, 9.17) is 33.2 Å². The van der Waals surface area contributed by atoms with Crippen molar-refractivity contribution in [2.24, 2.45) is 5.41 Å². The van der Waals surface area contributed by atoms with Gasteiger partial charge in [-0.25, -0.2) is 0 Å². The zero-order chi connectivity index (χ0) is 30.8. The van der Waals surface area contributed by atoms with Crippen LogP contribution in [0.4, 0.5) is 0 Å². The fourth-order valence-electron chi connectivity index (χ4n) is 7.56. The molecule has 1 saturated carbocycles. The molecule has 0 bridgehead atoms. The fraction of sp³-hybridized carbons (Fsp3) is 0.818. The Morgan fingerprint density at radius 1 is 1.09 bits per heavy atom. The van der Waals surface area contributed by atoms with Crippen LogP contribution in [0.1, 0.15) is 48.9 Å². The first-order chi connectivity index (χ1) is 21.6. The van der Waals surface area contributed by atoms with E-state index in [1.54, 1.807) is 14.2 Å². The summed E-state index contributed by atoms with van der Waals surface area (Å²) < 4.78 is 40.0. The van der Waals surface area contributed by atoms with E-state index in [1.807, 2.05) is 6.20 Å². The largest absolute Gasteiger partial charge is 0.382 e. The van der Waals surface area contributed by atoms with E-state index in [1.165, 1.54) is 5.56 Å². The number of methoxy groups -OCH3 is 2. The summed E-state index contributed by atoms with van der Waals surface area (Å²) in [6.07, 6.45) is 6.98. The Hall–Kier alpha value is -1.70. The number of carbonyl (C=O) groups excluding carboxylic acids is 1. The van der Waals surface area contributed by atoms with E-state index in [-0.39, 0.29) is 30.2 Å². The van der Waals surface area contributed by atoms with E-state index < -0.39 is 5.41 Å². The molecule has 0 spiro atoms. The van der Waals surface area contributed by atoms with Crippen LogP contribution in [0.2, 0.25) is 0 Å². The number of amides is 1. The number of hydrogen-bond acceptors (Lipinski definition) is 10. The van der Waals surface area contributed by atoms with Crippen LogP contribution in [0.5, 0.6) is 0 Å². The number of carbonyl (C=O) groups is 1. The highest BCUT2D eigenvalue weighted by Crippen LogP contribution is 2.51. The third-order valence-corrected chi connectivity index (χ3v) is 9.81. The molecule has 248 valence electrons. The van der Waals surface area contributed by atoms with Crippen LogP contribution in [-0.4, -0.2) is 138 Å². The highest BCUT2D eigenvalue weighted by molar-refractivity contribution is 5.84. The lowest BCUT2D eigenvalue weighted by atomic mass is 9.80. The van der Waals surface area contributed by atoms with E-state index in [0.717, 1.165) is 69.5 Å². The van der Waals surface area contributed by atoms with Crippen molar-refractivity contribution in [3.05, 3.63) is 29.1 Å².